The molecule has 0 spiro atoms. The molecule has 1 amide bonds. The Morgan fingerprint density at radius 2 is 1.90 bits per heavy atom. The molecule has 20 heavy (non-hydrogen) atoms. The van der Waals surface area contributed by atoms with Gasteiger partial charge in [-0.25, -0.2) is 0 Å². The maximum absolute atomic E-state index is 12.2. The second-order valence-corrected chi connectivity index (χ2v) is 5.37. The minimum atomic E-state index is -0.474. The molecule has 0 aromatic heterocycles. The Morgan fingerprint density at radius 3 is 2.55 bits per heavy atom. The molecule has 5 nitrogen and oxygen atoms in total. The predicted octanol–water partition coefficient (Wildman–Crippen LogP) is 1.28. The Bertz CT molecular complexity index is 457. The van der Waals surface area contributed by atoms with Crippen LogP contribution in [0.3, 0.4) is 0 Å². The van der Waals surface area contributed by atoms with Gasteiger partial charge in [0.15, 0.2) is 0 Å². The molecule has 1 N–H and O–H groups in total. The van der Waals surface area contributed by atoms with Crippen LogP contribution in [0.2, 0.25) is 0 Å². The predicted molar refractivity (Wildman–Crippen MR) is 77.2 cm³/mol. The molecular formula is C15H22N2O3. The molecule has 1 saturated heterocycles. The number of methoxy groups -OCH3 is 1. The van der Waals surface area contributed by atoms with Crippen LogP contribution in [0.25, 0.3) is 0 Å². The lowest BCUT2D eigenvalue weighted by Crippen LogP contribution is -2.61. The van der Waals surface area contributed by atoms with Crippen molar-refractivity contribution in [2.24, 2.45) is 0 Å². The van der Waals surface area contributed by atoms with Crippen LogP contribution in [0.1, 0.15) is 13.8 Å². The summed E-state index contributed by atoms with van der Waals surface area (Å²) in [5.41, 5.74) is -0.474. The standard InChI is InChI=1S/C15H22N2O3/c1-15(2)14(18)17(9-8-16-15)10-11-20-13-6-4-12(19-3)5-7-13/h4-7,16H,8-11H2,1-3H3. The normalized spacial score (nSPS) is 17.9. The first-order valence-corrected chi connectivity index (χ1v) is 6.84. The van der Waals surface area contributed by atoms with Crippen molar-refractivity contribution in [1.82, 2.24) is 10.2 Å². The minimum Gasteiger partial charge on any atom is -0.497 e. The molecule has 1 heterocycles. The third-order valence-electron chi connectivity index (χ3n) is 3.46. The van der Waals surface area contributed by atoms with E-state index in [1.54, 1.807) is 7.11 Å². The summed E-state index contributed by atoms with van der Waals surface area (Å²) in [5, 5.41) is 3.21. The monoisotopic (exact) mass is 278 g/mol. The van der Waals surface area contributed by atoms with E-state index in [0.29, 0.717) is 13.2 Å². The highest BCUT2D eigenvalue weighted by Gasteiger charge is 2.34. The lowest BCUT2D eigenvalue weighted by molar-refractivity contribution is -0.140. The number of carbonyl (C=O) groups is 1. The third-order valence-corrected chi connectivity index (χ3v) is 3.46. The largest absolute Gasteiger partial charge is 0.497 e. The molecule has 1 aliphatic heterocycles. The topological polar surface area (TPSA) is 50.8 Å². The molecule has 0 bridgehead atoms. The zero-order chi connectivity index (χ0) is 14.6. The Labute approximate surface area is 119 Å². The molecular weight excluding hydrogens is 256 g/mol. The molecule has 1 aliphatic rings. The fourth-order valence-electron chi connectivity index (χ4n) is 2.23. The van der Waals surface area contributed by atoms with Crippen molar-refractivity contribution < 1.29 is 14.3 Å². The average molecular weight is 278 g/mol. The molecule has 5 heteroatoms. The maximum atomic E-state index is 12.2. The van der Waals surface area contributed by atoms with Crippen molar-refractivity contribution in [2.45, 2.75) is 19.4 Å². The van der Waals surface area contributed by atoms with Gasteiger partial charge in [-0.2, -0.15) is 0 Å². The Kier molecular flexibility index (Phi) is 4.49. The van der Waals surface area contributed by atoms with Gasteiger partial charge in [0.25, 0.3) is 0 Å². The van der Waals surface area contributed by atoms with Gasteiger partial charge in [-0.05, 0) is 38.1 Å². The van der Waals surface area contributed by atoms with E-state index in [1.807, 2.05) is 43.0 Å². The highest BCUT2D eigenvalue weighted by atomic mass is 16.5. The number of ether oxygens (including phenoxy) is 2. The zero-order valence-corrected chi connectivity index (χ0v) is 12.3. The van der Waals surface area contributed by atoms with E-state index >= 15 is 0 Å². The Hall–Kier alpha value is -1.75. The van der Waals surface area contributed by atoms with Gasteiger partial charge < -0.3 is 19.7 Å². The molecule has 0 unspecified atom stereocenters. The highest BCUT2D eigenvalue weighted by Crippen LogP contribution is 2.17. The van der Waals surface area contributed by atoms with Gasteiger partial charge in [-0.15, -0.1) is 0 Å². The van der Waals surface area contributed by atoms with Crippen molar-refractivity contribution in [3.63, 3.8) is 0 Å². The van der Waals surface area contributed by atoms with Crippen LogP contribution in [0, 0.1) is 0 Å². The van der Waals surface area contributed by atoms with Gasteiger partial charge in [-0.3, -0.25) is 4.79 Å². The van der Waals surface area contributed by atoms with E-state index in [4.69, 9.17) is 9.47 Å². The fraction of sp³-hybridized carbons (Fsp3) is 0.533. The number of amides is 1. The van der Waals surface area contributed by atoms with Gasteiger partial charge in [0.05, 0.1) is 19.2 Å². The van der Waals surface area contributed by atoms with Crippen LogP contribution >= 0.6 is 0 Å². The molecule has 1 aromatic rings. The van der Waals surface area contributed by atoms with E-state index < -0.39 is 5.54 Å². The van der Waals surface area contributed by atoms with Crippen molar-refractivity contribution in [3.05, 3.63) is 24.3 Å². The quantitative estimate of drug-likeness (QED) is 0.881. The molecule has 2 rings (SSSR count). The van der Waals surface area contributed by atoms with E-state index in [9.17, 15) is 4.79 Å². The number of benzene rings is 1. The molecule has 0 saturated carbocycles. The highest BCUT2D eigenvalue weighted by molar-refractivity contribution is 5.86. The third kappa shape index (κ3) is 3.42. The summed E-state index contributed by atoms with van der Waals surface area (Å²) in [5.74, 6) is 1.71. The minimum absolute atomic E-state index is 0.127. The first kappa shape index (κ1) is 14.7. The smallest absolute Gasteiger partial charge is 0.242 e. The van der Waals surface area contributed by atoms with E-state index in [1.165, 1.54) is 0 Å². The van der Waals surface area contributed by atoms with Crippen LogP contribution in [0.4, 0.5) is 0 Å². The summed E-state index contributed by atoms with van der Waals surface area (Å²) in [4.78, 5) is 14.0. The average Bonchev–Trinajstić information content (AvgIpc) is 2.44. The van der Waals surface area contributed by atoms with Crippen molar-refractivity contribution in [2.75, 3.05) is 33.4 Å². The summed E-state index contributed by atoms with van der Waals surface area (Å²) < 4.78 is 10.7. The Balaban J connectivity index is 1.81. The van der Waals surface area contributed by atoms with Crippen LogP contribution in [-0.2, 0) is 4.79 Å². The van der Waals surface area contributed by atoms with E-state index in [0.717, 1.165) is 24.6 Å². The zero-order valence-electron chi connectivity index (χ0n) is 12.3. The second kappa shape index (κ2) is 6.13. The summed E-state index contributed by atoms with van der Waals surface area (Å²) in [7, 11) is 1.63. The molecule has 0 atom stereocenters. The van der Waals surface area contributed by atoms with Crippen molar-refractivity contribution in [1.29, 1.82) is 0 Å². The first-order chi connectivity index (χ1) is 9.53. The number of carbonyl (C=O) groups excluding carboxylic acids is 1. The molecule has 110 valence electrons. The van der Waals surface area contributed by atoms with Crippen LogP contribution in [0.5, 0.6) is 11.5 Å². The van der Waals surface area contributed by atoms with Gasteiger partial charge >= 0.3 is 0 Å². The van der Waals surface area contributed by atoms with Gasteiger partial charge in [0, 0.05) is 13.1 Å². The SMILES string of the molecule is COc1ccc(OCCN2CCNC(C)(C)C2=O)cc1. The number of nitrogens with one attached hydrogen (secondary N) is 1. The lowest BCUT2D eigenvalue weighted by atomic mass is 10.0. The number of rotatable bonds is 5. The number of nitrogens with zero attached hydrogens (tertiary/aromatic N) is 1. The molecule has 1 fully saturated rings. The second-order valence-electron chi connectivity index (χ2n) is 5.37. The summed E-state index contributed by atoms with van der Waals surface area (Å²) in [6.07, 6.45) is 0. The summed E-state index contributed by atoms with van der Waals surface area (Å²) in [6.45, 7) is 6.47. The van der Waals surface area contributed by atoms with Crippen molar-refractivity contribution in [3.8, 4) is 11.5 Å². The number of hydrogen-bond acceptors (Lipinski definition) is 4. The fourth-order valence-corrected chi connectivity index (χ4v) is 2.23. The van der Waals surface area contributed by atoms with E-state index in [2.05, 4.69) is 5.32 Å². The van der Waals surface area contributed by atoms with Gasteiger partial charge in [0.1, 0.15) is 18.1 Å². The van der Waals surface area contributed by atoms with E-state index in [-0.39, 0.29) is 5.91 Å². The molecule has 1 aromatic carbocycles. The van der Waals surface area contributed by atoms with Crippen molar-refractivity contribution >= 4 is 5.91 Å². The van der Waals surface area contributed by atoms with Crippen LogP contribution in [-0.4, -0.2) is 49.7 Å². The first-order valence-electron chi connectivity index (χ1n) is 6.84. The maximum Gasteiger partial charge on any atom is 0.242 e. The van der Waals surface area contributed by atoms with Crippen LogP contribution < -0.4 is 14.8 Å². The number of hydrogen-bond donors (Lipinski definition) is 1. The Morgan fingerprint density at radius 1 is 1.25 bits per heavy atom. The molecule has 0 aliphatic carbocycles. The molecule has 0 radical (unpaired) electrons. The van der Waals surface area contributed by atoms with Gasteiger partial charge in [-0.1, -0.05) is 0 Å². The number of piperazine rings is 1. The summed E-state index contributed by atoms with van der Waals surface area (Å²) in [6, 6.07) is 7.44. The van der Waals surface area contributed by atoms with Gasteiger partial charge in [0.2, 0.25) is 5.91 Å². The van der Waals surface area contributed by atoms with Crippen LogP contribution in [0.15, 0.2) is 24.3 Å². The lowest BCUT2D eigenvalue weighted by Gasteiger charge is -2.38. The summed E-state index contributed by atoms with van der Waals surface area (Å²) >= 11 is 0.